The fourth-order valence-electron chi connectivity index (χ4n) is 3.73. The highest BCUT2D eigenvalue weighted by molar-refractivity contribution is 6.00. The summed E-state index contributed by atoms with van der Waals surface area (Å²) >= 11 is 0. The topological polar surface area (TPSA) is 59.8 Å². The van der Waals surface area contributed by atoms with E-state index in [1.807, 2.05) is 72.8 Å². The second-order valence-electron chi connectivity index (χ2n) is 6.90. The summed E-state index contributed by atoms with van der Waals surface area (Å²) in [5, 5.41) is 0.874. The Kier molecular flexibility index (Phi) is 4.13. The highest BCUT2D eigenvalue weighted by atomic mass is 16.6. The zero-order valence-corrected chi connectivity index (χ0v) is 15.4. The number of amides is 1. The van der Waals surface area contributed by atoms with Gasteiger partial charge in [0.2, 0.25) is 0 Å². The molecule has 142 valence electrons. The average Bonchev–Trinajstić information content (AvgIpc) is 3.19. The Labute approximate surface area is 167 Å². The number of furan rings is 1. The van der Waals surface area contributed by atoms with Crippen LogP contribution in [0.2, 0.25) is 0 Å². The van der Waals surface area contributed by atoms with Gasteiger partial charge >= 0.3 is 6.09 Å². The Morgan fingerprint density at radius 2 is 1.62 bits per heavy atom. The predicted molar refractivity (Wildman–Crippen MR) is 109 cm³/mol. The van der Waals surface area contributed by atoms with Crippen molar-refractivity contribution in [3.63, 3.8) is 0 Å². The molecule has 0 spiro atoms. The standard InChI is InChI=1S/C24H17NO4/c26-20(23-14-16-8-4-6-12-21(16)28-23)15-19-18-11-5-7-13-22(18)29-24(27)25(19)17-9-2-1-3-10-17/h1-14,19H,15H2/t19-/m0/s1. The molecule has 1 atom stereocenters. The van der Waals surface area contributed by atoms with Crippen molar-refractivity contribution in [2.45, 2.75) is 12.5 Å². The van der Waals surface area contributed by atoms with Crippen molar-refractivity contribution in [3.05, 3.63) is 96.3 Å². The van der Waals surface area contributed by atoms with Crippen molar-refractivity contribution >= 4 is 28.5 Å². The van der Waals surface area contributed by atoms with E-state index in [2.05, 4.69) is 0 Å². The zero-order valence-electron chi connectivity index (χ0n) is 15.4. The van der Waals surface area contributed by atoms with E-state index in [0.29, 0.717) is 17.0 Å². The van der Waals surface area contributed by atoms with Crippen LogP contribution in [0.5, 0.6) is 5.75 Å². The Balaban J connectivity index is 1.55. The molecule has 29 heavy (non-hydrogen) atoms. The summed E-state index contributed by atoms with van der Waals surface area (Å²) in [4.78, 5) is 27.4. The Hall–Kier alpha value is -3.86. The van der Waals surface area contributed by atoms with Crippen LogP contribution in [0.15, 0.2) is 89.3 Å². The fourth-order valence-corrected chi connectivity index (χ4v) is 3.73. The van der Waals surface area contributed by atoms with Crippen LogP contribution in [0.1, 0.15) is 28.6 Å². The van der Waals surface area contributed by atoms with Gasteiger partial charge in [0.1, 0.15) is 11.3 Å². The molecule has 5 heteroatoms. The van der Waals surface area contributed by atoms with Gasteiger partial charge in [0, 0.05) is 23.1 Å². The summed E-state index contributed by atoms with van der Waals surface area (Å²) in [6.07, 6.45) is -0.418. The Bertz CT molecular complexity index is 1180. The van der Waals surface area contributed by atoms with Crippen LogP contribution in [0.4, 0.5) is 10.5 Å². The van der Waals surface area contributed by atoms with Gasteiger partial charge in [-0.25, -0.2) is 4.79 Å². The quantitative estimate of drug-likeness (QED) is 0.420. The third kappa shape index (κ3) is 3.06. The molecule has 1 aromatic heterocycles. The SMILES string of the molecule is O=C(C[C@H]1c2ccccc2OC(=O)N1c1ccccc1)c1cc2ccccc2o1. The highest BCUT2D eigenvalue weighted by Gasteiger charge is 2.37. The van der Waals surface area contributed by atoms with Crippen molar-refractivity contribution in [3.8, 4) is 5.75 Å². The summed E-state index contributed by atoms with van der Waals surface area (Å²) in [6, 6.07) is 25.3. The number of anilines is 1. The fraction of sp³-hybridized carbons (Fsp3) is 0.0833. The van der Waals surface area contributed by atoms with Crippen LogP contribution in [0.3, 0.4) is 0 Å². The first-order valence-electron chi connectivity index (χ1n) is 9.37. The Morgan fingerprint density at radius 3 is 2.45 bits per heavy atom. The number of nitrogens with zero attached hydrogens (tertiary/aromatic N) is 1. The van der Waals surface area contributed by atoms with E-state index in [0.717, 1.165) is 10.9 Å². The lowest BCUT2D eigenvalue weighted by atomic mass is 9.96. The first-order chi connectivity index (χ1) is 14.2. The molecule has 0 bridgehead atoms. The van der Waals surface area contributed by atoms with Gasteiger partial charge in [-0.3, -0.25) is 9.69 Å². The van der Waals surface area contributed by atoms with Crippen molar-refractivity contribution in [1.82, 2.24) is 0 Å². The van der Waals surface area contributed by atoms with E-state index >= 15 is 0 Å². The minimum Gasteiger partial charge on any atom is -0.453 e. The highest BCUT2D eigenvalue weighted by Crippen LogP contribution is 2.40. The molecule has 0 N–H and O–H groups in total. The maximum Gasteiger partial charge on any atom is 0.420 e. The molecule has 0 aliphatic carbocycles. The van der Waals surface area contributed by atoms with Crippen LogP contribution < -0.4 is 9.64 Å². The first-order valence-corrected chi connectivity index (χ1v) is 9.37. The largest absolute Gasteiger partial charge is 0.453 e. The molecule has 1 aliphatic heterocycles. The number of Topliss-reactive ketones (excluding diaryl/α,β-unsaturated/α-hetero) is 1. The molecule has 0 radical (unpaired) electrons. The molecule has 2 heterocycles. The zero-order chi connectivity index (χ0) is 19.8. The van der Waals surface area contributed by atoms with E-state index in [9.17, 15) is 9.59 Å². The predicted octanol–water partition coefficient (Wildman–Crippen LogP) is 5.77. The van der Waals surface area contributed by atoms with Gasteiger partial charge in [-0.2, -0.15) is 0 Å². The maximum atomic E-state index is 13.1. The van der Waals surface area contributed by atoms with Gasteiger partial charge in [0.05, 0.1) is 6.04 Å². The minimum absolute atomic E-state index is 0.0842. The van der Waals surface area contributed by atoms with Crippen molar-refractivity contribution in [2.24, 2.45) is 0 Å². The molecular weight excluding hydrogens is 366 g/mol. The number of ketones is 1. The van der Waals surface area contributed by atoms with Crippen LogP contribution in [0.25, 0.3) is 11.0 Å². The number of ether oxygens (including phenoxy) is 1. The van der Waals surface area contributed by atoms with Gasteiger partial charge in [-0.1, -0.05) is 54.6 Å². The molecule has 0 saturated carbocycles. The van der Waals surface area contributed by atoms with E-state index in [-0.39, 0.29) is 18.0 Å². The number of benzene rings is 3. The van der Waals surface area contributed by atoms with Crippen LogP contribution in [-0.2, 0) is 0 Å². The summed E-state index contributed by atoms with van der Waals surface area (Å²) < 4.78 is 11.3. The molecule has 5 rings (SSSR count). The summed E-state index contributed by atoms with van der Waals surface area (Å²) in [5.41, 5.74) is 2.13. The monoisotopic (exact) mass is 383 g/mol. The molecule has 4 aromatic rings. The van der Waals surface area contributed by atoms with Gasteiger partial charge in [0.15, 0.2) is 11.5 Å². The smallest absolute Gasteiger partial charge is 0.420 e. The molecule has 1 aliphatic rings. The maximum absolute atomic E-state index is 13.1. The number of carbonyl (C=O) groups excluding carboxylic acids is 2. The van der Waals surface area contributed by atoms with Gasteiger partial charge < -0.3 is 9.15 Å². The molecule has 0 saturated heterocycles. The number of para-hydroxylation sites is 3. The lowest BCUT2D eigenvalue weighted by Gasteiger charge is -2.35. The van der Waals surface area contributed by atoms with Gasteiger partial charge in [0.25, 0.3) is 0 Å². The van der Waals surface area contributed by atoms with Crippen molar-refractivity contribution in [1.29, 1.82) is 0 Å². The van der Waals surface area contributed by atoms with Gasteiger partial charge in [-0.15, -0.1) is 0 Å². The molecular formula is C24H17NO4. The van der Waals surface area contributed by atoms with E-state index in [1.165, 1.54) is 4.90 Å². The van der Waals surface area contributed by atoms with E-state index in [1.54, 1.807) is 12.1 Å². The van der Waals surface area contributed by atoms with E-state index < -0.39 is 12.1 Å². The number of hydrogen-bond donors (Lipinski definition) is 0. The normalized spacial score (nSPS) is 15.8. The lowest BCUT2D eigenvalue weighted by molar-refractivity contribution is 0.0946. The Morgan fingerprint density at radius 1 is 0.897 bits per heavy atom. The van der Waals surface area contributed by atoms with Crippen LogP contribution >= 0.6 is 0 Å². The van der Waals surface area contributed by atoms with Gasteiger partial charge in [-0.05, 0) is 30.3 Å². The lowest BCUT2D eigenvalue weighted by Crippen LogP contribution is -2.41. The second-order valence-corrected chi connectivity index (χ2v) is 6.90. The van der Waals surface area contributed by atoms with Crippen molar-refractivity contribution in [2.75, 3.05) is 4.90 Å². The first kappa shape index (κ1) is 17.3. The number of hydrogen-bond acceptors (Lipinski definition) is 4. The summed E-state index contributed by atoms with van der Waals surface area (Å²) in [6.45, 7) is 0. The third-order valence-electron chi connectivity index (χ3n) is 5.10. The van der Waals surface area contributed by atoms with Crippen molar-refractivity contribution < 1.29 is 18.7 Å². The molecule has 3 aromatic carbocycles. The molecule has 5 nitrogen and oxygen atoms in total. The van der Waals surface area contributed by atoms with E-state index in [4.69, 9.17) is 9.15 Å². The molecule has 0 unspecified atom stereocenters. The molecule has 1 amide bonds. The van der Waals surface area contributed by atoms with Crippen LogP contribution in [-0.4, -0.2) is 11.9 Å². The van der Waals surface area contributed by atoms with Crippen LogP contribution in [0, 0.1) is 0 Å². The second kappa shape index (κ2) is 6.95. The summed E-state index contributed by atoms with van der Waals surface area (Å²) in [5.74, 6) is 0.597. The average molecular weight is 383 g/mol. The third-order valence-corrected chi connectivity index (χ3v) is 5.10. The summed E-state index contributed by atoms with van der Waals surface area (Å²) in [7, 11) is 0. The number of fused-ring (bicyclic) bond motifs is 2. The molecule has 0 fully saturated rings. The minimum atomic E-state index is -0.502. The number of carbonyl (C=O) groups is 2. The number of rotatable bonds is 4.